The van der Waals surface area contributed by atoms with Crippen LogP contribution in [0.2, 0.25) is 0 Å². The topological polar surface area (TPSA) is 27.7 Å². The lowest BCUT2D eigenvalue weighted by molar-refractivity contribution is -0.269. The van der Waals surface area contributed by atoms with Gasteiger partial charge in [-0.2, -0.15) is 26.3 Å². The number of ether oxygens (including phenoxy) is 3. The molecule has 1 aliphatic carbocycles. The fourth-order valence-electron chi connectivity index (χ4n) is 4.47. The molecule has 2 aliphatic rings. The first-order chi connectivity index (χ1) is 16.1. The Kier molecular flexibility index (Phi) is 5.61. The van der Waals surface area contributed by atoms with Crippen molar-refractivity contribution in [2.24, 2.45) is 0 Å². The van der Waals surface area contributed by atoms with Gasteiger partial charge in [0.1, 0.15) is 11.9 Å². The summed E-state index contributed by atoms with van der Waals surface area (Å²) in [6, 6.07) is 8.79. The minimum Gasteiger partial charge on any atom is -0.493 e. The van der Waals surface area contributed by atoms with E-state index in [4.69, 9.17) is 14.2 Å². The van der Waals surface area contributed by atoms with Crippen molar-refractivity contribution in [3.8, 4) is 17.2 Å². The van der Waals surface area contributed by atoms with Gasteiger partial charge in [0, 0.05) is 11.6 Å². The Balaban J connectivity index is 1.95. The van der Waals surface area contributed by atoms with Crippen molar-refractivity contribution in [3.63, 3.8) is 0 Å². The van der Waals surface area contributed by atoms with Crippen molar-refractivity contribution in [1.82, 2.24) is 0 Å². The molecule has 0 saturated heterocycles. The summed E-state index contributed by atoms with van der Waals surface area (Å²) < 4.78 is 117. The Hall–Kier alpha value is -2.91. The number of fused-ring (bicyclic) bond motifs is 1. The maximum atomic E-state index is 14.9. The molecule has 0 N–H and O–H groups in total. The zero-order chi connectivity index (χ0) is 26.1. The molecule has 0 amide bonds. The predicted octanol–water partition coefficient (Wildman–Crippen LogP) is 7.36. The van der Waals surface area contributed by atoms with Gasteiger partial charge in [-0.05, 0) is 22.6 Å². The van der Waals surface area contributed by atoms with Crippen LogP contribution in [0.15, 0.2) is 47.8 Å². The molecule has 2 aromatic carbocycles. The number of benzene rings is 2. The van der Waals surface area contributed by atoms with Crippen molar-refractivity contribution in [2.45, 2.75) is 56.0 Å². The maximum absolute atomic E-state index is 14.9. The molecule has 0 spiro atoms. The van der Waals surface area contributed by atoms with Crippen LogP contribution in [0.4, 0.5) is 30.7 Å². The first-order valence-corrected chi connectivity index (χ1v) is 10.7. The minimum absolute atomic E-state index is 0.00409. The number of hydrogen-bond donors (Lipinski definition) is 0. The zero-order valence-corrected chi connectivity index (χ0v) is 19.5. The van der Waals surface area contributed by atoms with Crippen molar-refractivity contribution in [3.05, 3.63) is 64.5 Å². The number of methoxy groups -OCH3 is 2. The molecule has 0 saturated carbocycles. The third-order valence-electron chi connectivity index (χ3n) is 6.46. The van der Waals surface area contributed by atoms with Crippen LogP contribution in [0.25, 0.3) is 0 Å². The van der Waals surface area contributed by atoms with Crippen LogP contribution >= 0.6 is 0 Å². The Morgan fingerprint density at radius 3 is 1.83 bits per heavy atom. The highest BCUT2D eigenvalue weighted by atomic mass is 19.3. The number of halogens is 7. The zero-order valence-electron chi connectivity index (χ0n) is 19.5. The van der Waals surface area contributed by atoms with Gasteiger partial charge in [-0.15, -0.1) is 0 Å². The predicted molar refractivity (Wildman–Crippen MR) is 114 cm³/mol. The average Bonchev–Trinajstić information content (AvgIpc) is 3.18. The summed E-state index contributed by atoms with van der Waals surface area (Å²) >= 11 is 0. The molecular weight excluding hydrogens is 481 g/mol. The fraction of sp³-hybridized carbons (Fsp3) is 0.440. The van der Waals surface area contributed by atoms with Crippen molar-refractivity contribution in [2.75, 3.05) is 14.2 Å². The number of rotatable bonds is 4. The summed E-state index contributed by atoms with van der Waals surface area (Å²) in [6.45, 7) is 5.82. The molecule has 0 aromatic heterocycles. The highest BCUT2D eigenvalue weighted by Gasteiger charge is 2.82. The molecule has 2 atom stereocenters. The van der Waals surface area contributed by atoms with E-state index in [1.807, 2.05) is 20.8 Å². The van der Waals surface area contributed by atoms with E-state index < -0.39 is 41.2 Å². The second-order valence-corrected chi connectivity index (χ2v) is 9.58. The lowest BCUT2D eigenvalue weighted by Crippen LogP contribution is -2.49. The van der Waals surface area contributed by atoms with E-state index in [0.717, 1.165) is 11.6 Å². The summed E-state index contributed by atoms with van der Waals surface area (Å²) in [5.74, 6) is -22.0. The lowest BCUT2D eigenvalue weighted by Gasteiger charge is -2.28. The molecular formula is C25H23F7O3. The Morgan fingerprint density at radius 2 is 1.37 bits per heavy atom. The molecule has 10 heteroatoms. The molecule has 2 aromatic rings. The highest BCUT2D eigenvalue weighted by molar-refractivity contribution is 5.59. The van der Waals surface area contributed by atoms with Gasteiger partial charge >= 0.3 is 17.8 Å². The molecule has 190 valence electrons. The van der Waals surface area contributed by atoms with Crippen molar-refractivity contribution in [1.29, 1.82) is 0 Å². The number of hydrogen-bond acceptors (Lipinski definition) is 3. The monoisotopic (exact) mass is 504 g/mol. The molecule has 4 rings (SSSR count). The van der Waals surface area contributed by atoms with Gasteiger partial charge in [-0.1, -0.05) is 45.0 Å². The second kappa shape index (κ2) is 7.80. The highest BCUT2D eigenvalue weighted by Crippen LogP contribution is 2.66. The molecule has 0 bridgehead atoms. The van der Waals surface area contributed by atoms with Gasteiger partial charge in [-0.3, -0.25) is 0 Å². The summed E-state index contributed by atoms with van der Waals surface area (Å²) in [5, 5.41) is 0. The smallest absolute Gasteiger partial charge is 0.382 e. The van der Waals surface area contributed by atoms with E-state index in [-0.39, 0.29) is 33.8 Å². The van der Waals surface area contributed by atoms with E-state index in [0.29, 0.717) is 0 Å². The van der Waals surface area contributed by atoms with Crippen LogP contribution in [0.5, 0.6) is 17.2 Å². The van der Waals surface area contributed by atoms with Gasteiger partial charge < -0.3 is 14.2 Å². The van der Waals surface area contributed by atoms with E-state index >= 15 is 0 Å². The van der Waals surface area contributed by atoms with Gasteiger partial charge in [0.25, 0.3) is 0 Å². The normalized spacial score (nSPS) is 24.2. The minimum atomic E-state index is -5.96. The van der Waals surface area contributed by atoms with Crippen molar-refractivity contribution < 1.29 is 44.9 Å². The van der Waals surface area contributed by atoms with Crippen molar-refractivity contribution >= 4 is 0 Å². The number of allylic oxidation sites excluding steroid dienone is 1. The summed E-state index contributed by atoms with van der Waals surface area (Å²) in [7, 11) is 2.54. The molecule has 35 heavy (non-hydrogen) atoms. The summed E-state index contributed by atoms with van der Waals surface area (Å²) in [6.07, 6.45) is -1.49. The Labute approximate surface area is 197 Å². The van der Waals surface area contributed by atoms with Gasteiger partial charge in [0.15, 0.2) is 17.3 Å². The summed E-state index contributed by atoms with van der Waals surface area (Å²) in [5.41, 5.74) is -1.40. The third kappa shape index (κ3) is 3.47. The van der Waals surface area contributed by atoms with Crippen LogP contribution < -0.4 is 14.2 Å². The first kappa shape index (κ1) is 25.2. The van der Waals surface area contributed by atoms with E-state index in [2.05, 4.69) is 0 Å². The molecule has 3 nitrogen and oxygen atoms in total. The second-order valence-electron chi connectivity index (χ2n) is 9.58. The number of alkyl halides is 6. The fourth-order valence-corrected chi connectivity index (χ4v) is 4.47. The van der Waals surface area contributed by atoms with Gasteiger partial charge in [0.2, 0.25) is 0 Å². The molecule has 1 heterocycles. The Bertz CT molecular complexity index is 1180. The van der Waals surface area contributed by atoms with Crippen LogP contribution in [-0.4, -0.2) is 32.0 Å². The van der Waals surface area contributed by atoms with E-state index in [9.17, 15) is 30.7 Å². The SMILES string of the molecule is COc1cc2c(cc1OC)C(C1=C(F)C(F)(F)C(F)(F)C1(F)F)C(c1ccc(C(C)(C)C)cc1)O2. The van der Waals surface area contributed by atoms with Gasteiger partial charge in [0.05, 0.1) is 25.7 Å². The first-order valence-electron chi connectivity index (χ1n) is 10.7. The molecule has 0 fully saturated rings. The third-order valence-corrected chi connectivity index (χ3v) is 6.46. The van der Waals surface area contributed by atoms with Crippen LogP contribution in [-0.2, 0) is 5.41 Å². The molecule has 0 radical (unpaired) electrons. The lowest BCUT2D eigenvalue weighted by atomic mass is 9.81. The van der Waals surface area contributed by atoms with Crippen LogP contribution in [0.1, 0.15) is 49.5 Å². The molecule has 1 aliphatic heterocycles. The van der Waals surface area contributed by atoms with Crippen LogP contribution in [0, 0.1) is 0 Å². The largest absolute Gasteiger partial charge is 0.493 e. The maximum Gasteiger partial charge on any atom is 0.382 e. The molecule has 2 unspecified atom stereocenters. The average molecular weight is 504 g/mol. The Morgan fingerprint density at radius 1 is 0.829 bits per heavy atom. The van der Waals surface area contributed by atoms with E-state index in [1.165, 1.54) is 32.4 Å². The van der Waals surface area contributed by atoms with Crippen LogP contribution in [0.3, 0.4) is 0 Å². The summed E-state index contributed by atoms with van der Waals surface area (Å²) in [4.78, 5) is 0. The standard InChI is InChI=1S/C25H23F7O3/c1-22(2,3)13-8-6-12(7-9-13)20-18(14-10-16(33-4)17(34-5)11-15(14)35-20)19-21(26)24(29,30)25(31,32)23(19,27)28/h6-11,18,20H,1-5H3. The quantitative estimate of drug-likeness (QED) is 0.407. The van der Waals surface area contributed by atoms with E-state index in [1.54, 1.807) is 12.1 Å². The van der Waals surface area contributed by atoms with Gasteiger partial charge in [-0.25, -0.2) is 4.39 Å².